The van der Waals surface area contributed by atoms with Gasteiger partial charge in [0.25, 0.3) is 0 Å². The number of carbonyl (C=O) groups is 4. The Morgan fingerprint density at radius 2 is 1.53 bits per heavy atom. The molecule has 36 heavy (non-hydrogen) atoms. The number of hydrogen-bond acceptors (Lipinski definition) is 5. The van der Waals surface area contributed by atoms with Crippen molar-refractivity contribution in [1.82, 2.24) is 0 Å². The van der Waals surface area contributed by atoms with Gasteiger partial charge in [0.05, 0.1) is 23.4 Å². The lowest BCUT2D eigenvalue weighted by atomic mass is 9.81. The van der Waals surface area contributed by atoms with Crippen LogP contribution in [0.15, 0.2) is 36.4 Å². The number of nitrogens with zero attached hydrogens (tertiary/aromatic N) is 2. The van der Waals surface area contributed by atoms with E-state index in [9.17, 15) is 19.2 Å². The van der Waals surface area contributed by atoms with Crippen LogP contribution in [0.4, 0.5) is 11.4 Å². The summed E-state index contributed by atoms with van der Waals surface area (Å²) in [6, 6.07) is 10.9. The fraction of sp³-hybridized carbons (Fsp3) is 0.448. The number of amides is 3. The Morgan fingerprint density at radius 1 is 0.889 bits per heavy atom. The monoisotopic (exact) mass is 486 g/mol. The molecule has 0 spiro atoms. The summed E-state index contributed by atoms with van der Waals surface area (Å²) in [6.07, 6.45) is 3.18. The highest BCUT2D eigenvalue weighted by Gasteiger charge is 2.61. The molecule has 2 aromatic rings. The number of carbonyl (C=O) groups excluding carboxylic acids is 4. The Labute approximate surface area is 210 Å². The highest BCUT2D eigenvalue weighted by molar-refractivity contribution is 6.23. The van der Waals surface area contributed by atoms with Gasteiger partial charge in [-0.1, -0.05) is 6.07 Å². The molecular formula is C29H30N2O5. The molecule has 4 aliphatic rings. The van der Waals surface area contributed by atoms with Crippen molar-refractivity contribution in [2.24, 2.45) is 29.6 Å². The highest BCUT2D eigenvalue weighted by Crippen LogP contribution is 2.56. The zero-order chi connectivity index (χ0) is 25.3. The predicted octanol–water partition coefficient (Wildman–Crippen LogP) is 4.11. The largest absolute Gasteiger partial charge is 0.426 e. The number of rotatable bonds is 4. The SMILES string of the molecule is Cc1cc(C)cc(N2C[C@H](C(=O)Oc3ccc(N4C(=O)[C@@H]5[C@@H]6CC[C@@H](C6)[C@@H]5C4=O)c(C)c3)CC2=O)c1. The Kier molecular flexibility index (Phi) is 5.28. The second kappa shape index (κ2) is 8.29. The number of fused-ring (bicyclic) bond motifs is 5. The van der Waals surface area contributed by atoms with E-state index < -0.39 is 11.9 Å². The first kappa shape index (κ1) is 23.0. The third-order valence-electron chi connectivity index (χ3n) is 8.53. The molecule has 2 aromatic carbocycles. The standard InChI is InChI=1S/C29H30N2O5/c1-15-8-16(2)10-21(9-15)30-14-20(13-24(30)32)29(35)36-22-6-7-23(17(3)11-22)31-27(33)25-18-4-5-19(12-18)26(25)28(31)34/h6-11,18-20,25-26H,4-5,12-14H2,1-3H3/t18-,19+,20-,25-,26+/m1/s1. The van der Waals surface area contributed by atoms with Gasteiger partial charge in [-0.25, -0.2) is 4.90 Å². The molecule has 0 radical (unpaired) electrons. The second-order valence-corrected chi connectivity index (χ2v) is 11.0. The van der Waals surface area contributed by atoms with E-state index >= 15 is 0 Å². The van der Waals surface area contributed by atoms with Crippen molar-refractivity contribution in [2.45, 2.75) is 46.5 Å². The van der Waals surface area contributed by atoms with E-state index in [0.717, 1.165) is 36.1 Å². The van der Waals surface area contributed by atoms with Crippen LogP contribution in [0.1, 0.15) is 42.4 Å². The molecule has 2 aliphatic carbocycles. The van der Waals surface area contributed by atoms with Crippen LogP contribution in [-0.4, -0.2) is 30.2 Å². The molecule has 5 atom stereocenters. The van der Waals surface area contributed by atoms with E-state index in [2.05, 4.69) is 0 Å². The van der Waals surface area contributed by atoms with Crippen LogP contribution < -0.4 is 14.5 Å². The van der Waals surface area contributed by atoms with Crippen LogP contribution in [0.3, 0.4) is 0 Å². The van der Waals surface area contributed by atoms with E-state index in [-0.39, 0.29) is 42.5 Å². The molecule has 2 saturated heterocycles. The maximum atomic E-state index is 13.2. The van der Waals surface area contributed by atoms with Crippen molar-refractivity contribution in [1.29, 1.82) is 0 Å². The van der Waals surface area contributed by atoms with Crippen molar-refractivity contribution < 1.29 is 23.9 Å². The molecule has 6 rings (SSSR count). The lowest BCUT2D eigenvalue weighted by molar-refractivity contribution is -0.139. The first-order valence-corrected chi connectivity index (χ1v) is 12.8. The molecule has 0 unspecified atom stereocenters. The van der Waals surface area contributed by atoms with E-state index in [1.807, 2.05) is 39.0 Å². The van der Waals surface area contributed by atoms with E-state index in [1.165, 1.54) is 4.90 Å². The number of benzene rings is 2. The Balaban J connectivity index is 1.16. The number of imide groups is 1. The first-order valence-electron chi connectivity index (χ1n) is 12.8. The molecule has 7 heteroatoms. The predicted molar refractivity (Wildman–Crippen MR) is 133 cm³/mol. The van der Waals surface area contributed by atoms with Crippen LogP contribution in [0, 0.1) is 50.4 Å². The Bertz CT molecular complexity index is 1270. The van der Waals surface area contributed by atoms with Gasteiger partial charge in [0.1, 0.15) is 5.75 Å². The number of ether oxygens (including phenoxy) is 1. The molecule has 0 N–H and O–H groups in total. The van der Waals surface area contributed by atoms with Gasteiger partial charge in [-0.05, 0) is 98.9 Å². The maximum Gasteiger partial charge on any atom is 0.316 e. The normalized spacial score (nSPS) is 28.9. The summed E-state index contributed by atoms with van der Waals surface area (Å²) < 4.78 is 5.64. The summed E-state index contributed by atoms with van der Waals surface area (Å²) in [7, 11) is 0. The smallest absolute Gasteiger partial charge is 0.316 e. The van der Waals surface area contributed by atoms with Gasteiger partial charge in [-0.3, -0.25) is 19.2 Å². The number of anilines is 2. The minimum atomic E-state index is -0.560. The maximum absolute atomic E-state index is 13.2. The summed E-state index contributed by atoms with van der Waals surface area (Å²) in [5, 5.41) is 0. The lowest BCUT2D eigenvalue weighted by Gasteiger charge is -2.20. The third kappa shape index (κ3) is 3.55. The summed E-state index contributed by atoms with van der Waals surface area (Å²) in [5.41, 5.74) is 4.19. The van der Waals surface area contributed by atoms with Gasteiger partial charge in [0.2, 0.25) is 17.7 Å². The summed E-state index contributed by atoms with van der Waals surface area (Å²) in [5.74, 6) is -0.615. The number of hydrogen-bond donors (Lipinski definition) is 0. The van der Waals surface area contributed by atoms with E-state index in [1.54, 1.807) is 23.1 Å². The van der Waals surface area contributed by atoms with Crippen LogP contribution in [0.25, 0.3) is 0 Å². The molecule has 2 heterocycles. The quantitative estimate of drug-likeness (QED) is 0.369. The summed E-state index contributed by atoms with van der Waals surface area (Å²) in [6.45, 7) is 6.06. The Hall–Kier alpha value is -3.48. The van der Waals surface area contributed by atoms with E-state index in [4.69, 9.17) is 4.74 Å². The highest BCUT2D eigenvalue weighted by atomic mass is 16.5. The average molecular weight is 487 g/mol. The van der Waals surface area contributed by atoms with Gasteiger partial charge in [0.15, 0.2) is 0 Å². The molecule has 186 valence electrons. The minimum Gasteiger partial charge on any atom is -0.426 e. The fourth-order valence-corrected chi connectivity index (χ4v) is 7.01. The fourth-order valence-electron chi connectivity index (χ4n) is 7.01. The van der Waals surface area contributed by atoms with Gasteiger partial charge in [-0.15, -0.1) is 0 Å². The molecule has 7 nitrogen and oxygen atoms in total. The van der Waals surface area contributed by atoms with Gasteiger partial charge in [-0.2, -0.15) is 0 Å². The van der Waals surface area contributed by atoms with Crippen LogP contribution >= 0.6 is 0 Å². The van der Waals surface area contributed by atoms with Gasteiger partial charge >= 0.3 is 5.97 Å². The molecule has 2 bridgehead atoms. The lowest BCUT2D eigenvalue weighted by Crippen LogP contribution is -2.33. The topological polar surface area (TPSA) is 84.0 Å². The Morgan fingerprint density at radius 3 is 2.14 bits per heavy atom. The van der Waals surface area contributed by atoms with Crippen LogP contribution in [0.2, 0.25) is 0 Å². The average Bonchev–Trinajstić information content (AvgIpc) is 3.58. The van der Waals surface area contributed by atoms with Gasteiger partial charge < -0.3 is 9.64 Å². The van der Waals surface area contributed by atoms with Crippen molar-refractivity contribution in [3.63, 3.8) is 0 Å². The van der Waals surface area contributed by atoms with E-state index in [0.29, 0.717) is 28.8 Å². The van der Waals surface area contributed by atoms with Crippen LogP contribution in [0.5, 0.6) is 5.75 Å². The molecular weight excluding hydrogens is 456 g/mol. The van der Waals surface area contributed by atoms with Crippen molar-refractivity contribution in [2.75, 3.05) is 16.3 Å². The molecule has 0 aromatic heterocycles. The molecule has 3 amide bonds. The third-order valence-corrected chi connectivity index (χ3v) is 8.53. The molecule has 2 saturated carbocycles. The summed E-state index contributed by atoms with van der Waals surface area (Å²) >= 11 is 0. The zero-order valence-corrected chi connectivity index (χ0v) is 20.8. The van der Waals surface area contributed by atoms with Crippen molar-refractivity contribution >= 4 is 35.1 Å². The van der Waals surface area contributed by atoms with Crippen molar-refractivity contribution in [3.8, 4) is 5.75 Å². The number of esters is 1. The zero-order valence-electron chi connectivity index (χ0n) is 20.8. The molecule has 4 fully saturated rings. The minimum absolute atomic E-state index is 0.0824. The van der Waals surface area contributed by atoms with Crippen molar-refractivity contribution in [3.05, 3.63) is 53.1 Å². The number of aryl methyl sites for hydroxylation is 3. The first-order chi connectivity index (χ1) is 17.2. The molecule has 2 aliphatic heterocycles. The second-order valence-electron chi connectivity index (χ2n) is 11.0. The van der Waals surface area contributed by atoms with Crippen LogP contribution in [-0.2, 0) is 19.2 Å². The summed E-state index contributed by atoms with van der Waals surface area (Å²) in [4.78, 5) is 54.9. The van der Waals surface area contributed by atoms with Gasteiger partial charge in [0, 0.05) is 18.7 Å².